The molecule has 3 N–H and O–H groups in total. The van der Waals surface area contributed by atoms with E-state index in [4.69, 9.17) is 9.47 Å². The summed E-state index contributed by atoms with van der Waals surface area (Å²) in [7, 11) is 1.56. The van der Waals surface area contributed by atoms with Crippen LogP contribution < -0.4 is 20.9 Å². The van der Waals surface area contributed by atoms with Crippen molar-refractivity contribution < 1.29 is 28.7 Å². The first-order valence-electron chi connectivity index (χ1n) is 9.32. The molecule has 31 heavy (non-hydrogen) atoms. The SMILES string of the molecule is COc1ccc(/C=C/C(=O)NC(C)C(=O)OCC(=O)NNC(=O)c2ccccc2)cc1. The highest BCUT2D eigenvalue weighted by Gasteiger charge is 2.17. The number of benzene rings is 2. The zero-order valence-electron chi connectivity index (χ0n) is 17.1. The van der Waals surface area contributed by atoms with Crippen LogP contribution in [-0.2, 0) is 19.1 Å². The van der Waals surface area contributed by atoms with Crippen LogP contribution in [0.25, 0.3) is 6.08 Å². The lowest BCUT2D eigenvalue weighted by Crippen LogP contribution is -2.45. The topological polar surface area (TPSA) is 123 Å². The summed E-state index contributed by atoms with van der Waals surface area (Å²) in [5.41, 5.74) is 5.48. The Bertz CT molecular complexity index is 941. The third-order valence-electron chi connectivity index (χ3n) is 3.95. The van der Waals surface area contributed by atoms with Crippen molar-refractivity contribution in [1.29, 1.82) is 0 Å². The van der Waals surface area contributed by atoms with Gasteiger partial charge in [0.1, 0.15) is 11.8 Å². The number of carbonyl (C=O) groups excluding carboxylic acids is 4. The lowest BCUT2D eigenvalue weighted by Gasteiger charge is -2.12. The van der Waals surface area contributed by atoms with Crippen molar-refractivity contribution in [2.24, 2.45) is 0 Å². The Morgan fingerprint density at radius 3 is 2.29 bits per heavy atom. The molecule has 1 unspecified atom stereocenters. The monoisotopic (exact) mass is 425 g/mol. The van der Waals surface area contributed by atoms with Crippen molar-refractivity contribution in [3.05, 3.63) is 71.8 Å². The van der Waals surface area contributed by atoms with Gasteiger partial charge in [-0.1, -0.05) is 30.3 Å². The summed E-state index contributed by atoms with van der Waals surface area (Å²) in [6.45, 7) is 0.812. The summed E-state index contributed by atoms with van der Waals surface area (Å²) >= 11 is 0. The molecule has 0 heterocycles. The number of hydrazine groups is 1. The molecule has 9 heteroatoms. The maximum atomic E-state index is 11.9. The number of esters is 1. The van der Waals surface area contributed by atoms with E-state index in [1.54, 1.807) is 67.8 Å². The van der Waals surface area contributed by atoms with Gasteiger partial charge in [0.05, 0.1) is 7.11 Å². The van der Waals surface area contributed by atoms with Crippen LogP contribution in [0, 0.1) is 0 Å². The maximum Gasteiger partial charge on any atom is 0.328 e. The molecule has 162 valence electrons. The summed E-state index contributed by atoms with van der Waals surface area (Å²) < 4.78 is 9.89. The van der Waals surface area contributed by atoms with E-state index in [2.05, 4.69) is 16.2 Å². The zero-order chi connectivity index (χ0) is 22.6. The Morgan fingerprint density at radius 1 is 0.968 bits per heavy atom. The van der Waals surface area contributed by atoms with Crippen LogP contribution >= 0.6 is 0 Å². The number of rotatable bonds is 8. The van der Waals surface area contributed by atoms with Crippen molar-refractivity contribution in [2.45, 2.75) is 13.0 Å². The summed E-state index contributed by atoms with van der Waals surface area (Å²) in [6.07, 6.45) is 2.85. The number of hydrogen-bond donors (Lipinski definition) is 3. The molecule has 0 radical (unpaired) electrons. The first-order chi connectivity index (χ1) is 14.9. The van der Waals surface area contributed by atoms with Crippen molar-refractivity contribution >= 4 is 29.8 Å². The quantitative estimate of drug-likeness (QED) is 0.332. The van der Waals surface area contributed by atoms with Crippen LogP contribution in [0.5, 0.6) is 5.75 Å². The van der Waals surface area contributed by atoms with Gasteiger partial charge in [-0.3, -0.25) is 25.2 Å². The lowest BCUT2D eigenvalue weighted by molar-refractivity contribution is -0.151. The Morgan fingerprint density at radius 2 is 1.65 bits per heavy atom. The minimum atomic E-state index is -0.972. The van der Waals surface area contributed by atoms with Crippen LogP contribution in [0.3, 0.4) is 0 Å². The van der Waals surface area contributed by atoms with Gasteiger partial charge in [0.25, 0.3) is 11.8 Å². The average Bonchev–Trinajstić information content (AvgIpc) is 2.80. The van der Waals surface area contributed by atoms with Gasteiger partial charge in [-0.15, -0.1) is 0 Å². The fraction of sp³-hybridized carbons (Fsp3) is 0.182. The molecule has 0 saturated carbocycles. The molecular weight excluding hydrogens is 402 g/mol. The normalized spacial score (nSPS) is 11.3. The highest BCUT2D eigenvalue weighted by molar-refractivity contribution is 5.96. The molecular formula is C22H23N3O6. The van der Waals surface area contributed by atoms with Gasteiger partial charge in [0, 0.05) is 11.6 Å². The highest BCUT2D eigenvalue weighted by atomic mass is 16.5. The van der Waals surface area contributed by atoms with Crippen LogP contribution in [0.2, 0.25) is 0 Å². The Balaban J connectivity index is 1.70. The second-order valence-electron chi connectivity index (χ2n) is 6.31. The Labute approximate surface area is 179 Å². The molecule has 0 aliphatic rings. The van der Waals surface area contributed by atoms with E-state index in [1.807, 2.05) is 0 Å². The third kappa shape index (κ3) is 8.01. The van der Waals surface area contributed by atoms with Crippen molar-refractivity contribution in [3.63, 3.8) is 0 Å². The van der Waals surface area contributed by atoms with E-state index in [-0.39, 0.29) is 0 Å². The lowest BCUT2D eigenvalue weighted by atomic mass is 10.2. The maximum absolute atomic E-state index is 11.9. The molecule has 0 aliphatic carbocycles. The molecule has 0 aromatic heterocycles. The third-order valence-corrected chi connectivity index (χ3v) is 3.95. The van der Waals surface area contributed by atoms with Crippen molar-refractivity contribution in [2.75, 3.05) is 13.7 Å². The standard InChI is InChI=1S/C22H23N3O6/c1-15(23-19(26)13-10-16-8-11-18(30-2)12-9-16)22(29)31-14-20(27)24-25-21(28)17-6-4-3-5-7-17/h3-13,15H,14H2,1-2H3,(H,23,26)(H,24,27)(H,25,28)/b13-10+. The molecule has 0 bridgehead atoms. The van der Waals surface area contributed by atoms with E-state index >= 15 is 0 Å². The number of nitrogens with one attached hydrogen (secondary N) is 3. The molecule has 3 amide bonds. The van der Waals surface area contributed by atoms with Crippen LogP contribution in [0.4, 0.5) is 0 Å². The average molecular weight is 425 g/mol. The predicted molar refractivity (Wildman–Crippen MR) is 113 cm³/mol. The number of amides is 3. The zero-order valence-corrected chi connectivity index (χ0v) is 17.1. The van der Waals surface area contributed by atoms with Crippen molar-refractivity contribution in [1.82, 2.24) is 16.2 Å². The highest BCUT2D eigenvalue weighted by Crippen LogP contribution is 2.12. The van der Waals surface area contributed by atoms with E-state index in [1.165, 1.54) is 13.0 Å². The van der Waals surface area contributed by atoms with Crippen molar-refractivity contribution in [3.8, 4) is 5.75 Å². The van der Waals surface area contributed by atoms with E-state index in [0.29, 0.717) is 11.3 Å². The largest absolute Gasteiger partial charge is 0.497 e. The van der Waals surface area contributed by atoms with Gasteiger partial charge >= 0.3 is 5.97 Å². The van der Waals surface area contributed by atoms with Crippen LogP contribution in [-0.4, -0.2) is 43.4 Å². The molecule has 2 rings (SSSR count). The predicted octanol–water partition coefficient (Wildman–Crippen LogP) is 1.22. The number of ether oxygens (including phenoxy) is 2. The molecule has 0 spiro atoms. The minimum absolute atomic E-state index is 0.360. The van der Waals surface area contributed by atoms with E-state index in [9.17, 15) is 19.2 Å². The fourth-order valence-electron chi connectivity index (χ4n) is 2.29. The molecule has 2 aromatic rings. The van der Waals surface area contributed by atoms with Gasteiger partial charge in [0.2, 0.25) is 5.91 Å². The van der Waals surface area contributed by atoms with Gasteiger partial charge in [0.15, 0.2) is 6.61 Å². The Kier molecular flexibility index (Phi) is 8.78. The fourth-order valence-corrected chi connectivity index (χ4v) is 2.29. The van der Waals surface area contributed by atoms with E-state index in [0.717, 1.165) is 5.56 Å². The Hall–Kier alpha value is -4.14. The summed E-state index contributed by atoms with van der Waals surface area (Å²) in [4.78, 5) is 47.4. The number of methoxy groups -OCH3 is 1. The van der Waals surface area contributed by atoms with Gasteiger partial charge < -0.3 is 14.8 Å². The summed E-state index contributed by atoms with van der Waals surface area (Å²) in [6, 6.07) is 14.4. The smallest absolute Gasteiger partial charge is 0.328 e. The molecule has 0 aliphatic heterocycles. The molecule has 0 fully saturated rings. The summed E-state index contributed by atoms with van der Waals surface area (Å²) in [5.74, 6) is -1.84. The number of carbonyl (C=O) groups is 4. The molecule has 1 atom stereocenters. The molecule has 2 aromatic carbocycles. The molecule has 0 saturated heterocycles. The van der Waals surface area contributed by atoms with Gasteiger partial charge in [-0.05, 0) is 42.8 Å². The van der Waals surface area contributed by atoms with Crippen LogP contribution in [0.15, 0.2) is 60.7 Å². The molecule has 9 nitrogen and oxygen atoms in total. The van der Waals surface area contributed by atoms with E-state index < -0.39 is 36.3 Å². The van der Waals surface area contributed by atoms with Gasteiger partial charge in [-0.25, -0.2) is 4.79 Å². The summed E-state index contributed by atoms with van der Waals surface area (Å²) in [5, 5.41) is 2.44. The number of hydrogen-bond acceptors (Lipinski definition) is 6. The van der Waals surface area contributed by atoms with Gasteiger partial charge in [-0.2, -0.15) is 0 Å². The first-order valence-corrected chi connectivity index (χ1v) is 9.32. The second kappa shape index (κ2) is 11.8. The second-order valence-corrected chi connectivity index (χ2v) is 6.31. The van der Waals surface area contributed by atoms with Crippen LogP contribution in [0.1, 0.15) is 22.8 Å². The first kappa shape index (κ1) is 23.1. The minimum Gasteiger partial charge on any atom is -0.497 e.